The second-order valence-electron chi connectivity index (χ2n) is 4.27. The van der Waals surface area contributed by atoms with Crippen molar-refractivity contribution in [3.8, 4) is 5.75 Å². The molecule has 7 heteroatoms. The van der Waals surface area contributed by atoms with Gasteiger partial charge in [-0.05, 0) is 24.3 Å². The van der Waals surface area contributed by atoms with Crippen LogP contribution >= 0.6 is 23.2 Å². The Balaban J connectivity index is 2.41. The summed E-state index contributed by atoms with van der Waals surface area (Å²) in [5.74, 6) is -1.45. The van der Waals surface area contributed by atoms with E-state index in [-0.39, 0.29) is 21.2 Å². The van der Waals surface area contributed by atoms with Gasteiger partial charge < -0.3 is 15.2 Å². The number of methoxy groups -OCH3 is 1. The molecule has 1 amide bonds. The van der Waals surface area contributed by atoms with E-state index in [4.69, 9.17) is 27.9 Å². The number of rotatable bonds is 4. The zero-order valence-corrected chi connectivity index (χ0v) is 12.9. The summed E-state index contributed by atoms with van der Waals surface area (Å²) in [6.07, 6.45) is 0. The first-order chi connectivity index (χ1) is 10.4. The molecule has 0 aliphatic heterocycles. The lowest BCUT2D eigenvalue weighted by atomic mass is 10.1. The highest BCUT2D eigenvalue weighted by Crippen LogP contribution is 2.28. The number of carbonyl (C=O) groups is 2. The number of halogens is 2. The van der Waals surface area contributed by atoms with Crippen molar-refractivity contribution in [2.45, 2.75) is 0 Å². The molecule has 0 bridgehead atoms. The van der Waals surface area contributed by atoms with E-state index in [0.717, 1.165) is 6.07 Å². The maximum atomic E-state index is 12.3. The van der Waals surface area contributed by atoms with Gasteiger partial charge in [0.05, 0.1) is 34.0 Å². The fourth-order valence-electron chi connectivity index (χ4n) is 1.85. The molecule has 114 valence electrons. The average Bonchev–Trinajstić information content (AvgIpc) is 2.49. The number of para-hydroxylation sites is 2. The number of carboxylic acids is 1. The molecular formula is C15H11Cl2NO4. The van der Waals surface area contributed by atoms with Crippen LogP contribution in [0.5, 0.6) is 5.75 Å². The van der Waals surface area contributed by atoms with Crippen LogP contribution in [0.2, 0.25) is 10.0 Å². The van der Waals surface area contributed by atoms with Crippen molar-refractivity contribution in [1.82, 2.24) is 0 Å². The van der Waals surface area contributed by atoms with Gasteiger partial charge in [0.25, 0.3) is 5.91 Å². The molecule has 0 radical (unpaired) electrons. The van der Waals surface area contributed by atoms with Crippen LogP contribution in [0.15, 0.2) is 36.4 Å². The van der Waals surface area contributed by atoms with Crippen LogP contribution in [-0.4, -0.2) is 24.1 Å². The van der Waals surface area contributed by atoms with Gasteiger partial charge in [-0.2, -0.15) is 0 Å². The fourth-order valence-corrected chi connectivity index (χ4v) is 2.18. The van der Waals surface area contributed by atoms with Gasteiger partial charge in [0.15, 0.2) is 0 Å². The van der Waals surface area contributed by atoms with Crippen LogP contribution < -0.4 is 10.1 Å². The van der Waals surface area contributed by atoms with Gasteiger partial charge in [-0.15, -0.1) is 0 Å². The Morgan fingerprint density at radius 2 is 1.68 bits per heavy atom. The van der Waals surface area contributed by atoms with Crippen LogP contribution in [0.25, 0.3) is 0 Å². The Bertz CT molecular complexity index is 746. The predicted octanol–water partition coefficient (Wildman–Crippen LogP) is 3.95. The van der Waals surface area contributed by atoms with Gasteiger partial charge in [-0.25, -0.2) is 4.79 Å². The van der Waals surface area contributed by atoms with Gasteiger partial charge in [0.1, 0.15) is 5.75 Å². The number of benzene rings is 2. The monoisotopic (exact) mass is 339 g/mol. The highest BCUT2D eigenvalue weighted by Gasteiger charge is 2.20. The van der Waals surface area contributed by atoms with Crippen molar-refractivity contribution >= 4 is 40.8 Å². The first-order valence-corrected chi connectivity index (χ1v) is 6.86. The fraction of sp³-hybridized carbons (Fsp3) is 0.0667. The van der Waals surface area contributed by atoms with Crippen molar-refractivity contribution < 1.29 is 19.4 Å². The zero-order chi connectivity index (χ0) is 16.3. The van der Waals surface area contributed by atoms with Crippen LogP contribution in [0.4, 0.5) is 5.69 Å². The normalized spacial score (nSPS) is 10.1. The van der Waals surface area contributed by atoms with Crippen molar-refractivity contribution in [2.24, 2.45) is 0 Å². The molecule has 22 heavy (non-hydrogen) atoms. The SMILES string of the molecule is COc1ccccc1NC(=O)c1cc(Cl)c(Cl)cc1C(=O)O. The smallest absolute Gasteiger partial charge is 0.336 e. The maximum Gasteiger partial charge on any atom is 0.336 e. The molecule has 5 nitrogen and oxygen atoms in total. The van der Waals surface area contributed by atoms with E-state index in [9.17, 15) is 14.7 Å². The van der Waals surface area contributed by atoms with Crippen LogP contribution in [0.3, 0.4) is 0 Å². The third kappa shape index (κ3) is 3.32. The summed E-state index contributed by atoms with van der Waals surface area (Å²) >= 11 is 11.7. The van der Waals surface area contributed by atoms with E-state index in [1.165, 1.54) is 13.2 Å². The minimum absolute atomic E-state index is 0.0629. The number of amides is 1. The molecule has 2 aromatic rings. The van der Waals surface area contributed by atoms with Gasteiger partial charge in [-0.1, -0.05) is 35.3 Å². The summed E-state index contributed by atoms with van der Waals surface area (Å²) in [5, 5.41) is 11.9. The zero-order valence-electron chi connectivity index (χ0n) is 11.4. The van der Waals surface area contributed by atoms with E-state index in [2.05, 4.69) is 5.32 Å². The molecule has 2 N–H and O–H groups in total. The molecule has 0 unspecified atom stereocenters. The quantitative estimate of drug-likeness (QED) is 0.884. The molecule has 0 fully saturated rings. The van der Waals surface area contributed by atoms with Crippen molar-refractivity contribution in [2.75, 3.05) is 12.4 Å². The highest BCUT2D eigenvalue weighted by atomic mass is 35.5. The Kier molecular flexibility index (Phi) is 4.90. The number of carbonyl (C=O) groups excluding carboxylic acids is 1. The predicted molar refractivity (Wildman–Crippen MR) is 84.4 cm³/mol. The molecule has 2 rings (SSSR count). The molecule has 0 heterocycles. The third-order valence-electron chi connectivity index (χ3n) is 2.89. The number of nitrogens with one attached hydrogen (secondary N) is 1. The van der Waals surface area contributed by atoms with E-state index >= 15 is 0 Å². The van der Waals surface area contributed by atoms with Crippen LogP contribution in [0.1, 0.15) is 20.7 Å². The number of anilines is 1. The van der Waals surface area contributed by atoms with Gasteiger partial charge in [0.2, 0.25) is 0 Å². The number of hydrogen-bond donors (Lipinski definition) is 2. The number of carboxylic acid groups (broad SMARTS) is 1. The van der Waals surface area contributed by atoms with E-state index in [1.807, 2.05) is 0 Å². The minimum Gasteiger partial charge on any atom is -0.495 e. The van der Waals surface area contributed by atoms with Gasteiger partial charge >= 0.3 is 5.97 Å². The largest absolute Gasteiger partial charge is 0.495 e. The first kappa shape index (κ1) is 16.1. The molecule has 0 spiro atoms. The van der Waals surface area contributed by atoms with E-state index in [1.54, 1.807) is 24.3 Å². The molecule has 0 atom stereocenters. The number of hydrogen-bond acceptors (Lipinski definition) is 3. The molecule has 0 aliphatic carbocycles. The lowest BCUT2D eigenvalue weighted by Crippen LogP contribution is -2.17. The van der Waals surface area contributed by atoms with Crippen molar-refractivity contribution in [3.05, 3.63) is 57.6 Å². The summed E-state index contributed by atoms with van der Waals surface area (Å²) in [6, 6.07) is 9.13. The van der Waals surface area contributed by atoms with Crippen LogP contribution in [-0.2, 0) is 0 Å². The summed E-state index contributed by atoms with van der Waals surface area (Å²) in [5.41, 5.74) is 0.0898. The van der Waals surface area contributed by atoms with E-state index < -0.39 is 11.9 Å². The second kappa shape index (κ2) is 6.68. The Hall–Kier alpha value is -2.24. The molecule has 0 saturated heterocycles. The molecule has 2 aromatic carbocycles. The minimum atomic E-state index is -1.27. The average molecular weight is 340 g/mol. The topological polar surface area (TPSA) is 75.6 Å². The summed E-state index contributed by atoms with van der Waals surface area (Å²) < 4.78 is 5.12. The summed E-state index contributed by atoms with van der Waals surface area (Å²) in [4.78, 5) is 23.6. The van der Waals surface area contributed by atoms with Crippen molar-refractivity contribution in [1.29, 1.82) is 0 Å². The third-order valence-corrected chi connectivity index (χ3v) is 3.61. The highest BCUT2D eigenvalue weighted by molar-refractivity contribution is 6.42. The summed E-state index contributed by atoms with van der Waals surface area (Å²) in [7, 11) is 1.47. The second-order valence-corrected chi connectivity index (χ2v) is 5.09. The molecular weight excluding hydrogens is 329 g/mol. The Labute approximate surface area is 136 Å². The lowest BCUT2D eigenvalue weighted by molar-refractivity contribution is 0.0692. The van der Waals surface area contributed by atoms with Gasteiger partial charge in [-0.3, -0.25) is 4.79 Å². The van der Waals surface area contributed by atoms with Crippen LogP contribution in [0, 0.1) is 0 Å². The molecule has 0 aliphatic rings. The number of ether oxygens (including phenoxy) is 1. The lowest BCUT2D eigenvalue weighted by Gasteiger charge is -2.12. The number of aromatic carboxylic acids is 1. The molecule has 0 saturated carbocycles. The Morgan fingerprint density at radius 1 is 1.09 bits per heavy atom. The van der Waals surface area contributed by atoms with E-state index in [0.29, 0.717) is 11.4 Å². The summed E-state index contributed by atoms with van der Waals surface area (Å²) in [6.45, 7) is 0. The molecule has 0 aromatic heterocycles. The van der Waals surface area contributed by atoms with Crippen molar-refractivity contribution in [3.63, 3.8) is 0 Å². The standard InChI is InChI=1S/C15H11Cl2NO4/c1-22-13-5-3-2-4-12(13)18-14(19)8-6-10(16)11(17)7-9(8)15(20)21/h2-7H,1H3,(H,18,19)(H,20,21). The maximum absolute atomic E-state index is 12.3. The first-order valence-electron chi connectivity index (χ1n) is 6.10. The van der Waals surface area contributed by atoms with Gasteiger partial charge in [0, 0.05) is 0 Å². The Morgan fingerprint density at radius 3 is 2.27 bits per heavy atom.